The number of benzene rings is 2. The maximum Gasteiger partial charge on any atom is 0.255 e. The lowest BCUT2D eigenvalue weighted by atomic mass is 10.2. The van der Waals surface area contributed by atoms with Gasteiger partial charge in [-0.05, 0) is 49.4 Å². The van der Waals surface area contributed by atoms with Gasteiger partial charge in [-0.1, -0.05) is 0 Å². The highest BCUT2D eigenvalue weighted by Gasteiger charge is 2.12. The van der Waals surface area contributed by atoms with Crippen LogP contribution < -0.4 is 19.9 Å². The number of carbonyl (C=O) groups excluding carboxylic acids is 1. The molecule has 7 nitrogen and oxygen atoms in total. The van der Waals surface area contributed by atoms with E-state index in [0.29, 0.717) is 29.4 Å². The number of primary sulfonamides is 1. The van der Waals surface area contributed by atoms with Crippen molar-refractivity contribution in [3.63, 3.8) is 0 Å². The number of carbonyl (C=O) groups is 1. The Kier molecular flexibility index (Phi) is 5.42. The van der Waals surface area contributed by atoms with Crippen LogP contribution in [0, 0.1) is 0 Å². The van der Waals surface area contributed by atoms with Crippen LogP contribution in [0.15, 0.2) is 47.4 Å². The molecule has 0 bridgehead atoms. The van der Waals surface area contributed by atoms with Gasteiger partial charge in [0.2, 0.25) is 10.0 Å². The van der Waals surface area contributed by atoms with E-state index in [4.69, 9.17) is 14.6 Å². The first-order chi connectivity index (χ1) is 11.3. The average molecular weight is 350 g/mol. The quantitative estimate of drug-likeness (QED) is 0.828. The summed E-state index contributed by atoms with van der Waals surface area (Å²) >= 11 is 0. The smallest absolute Gasteiger partial charge is 0.255 e. The highest BCUT2D eigenvalue weighted by molar-refractivity contribution is 7.89. The molecule has 2 aromatic carbocycles. The molecule has 0 fully saturated rings. The molecule has 3 N–H and O–H groups in total. The predicted molar refractivity (Wildman–Crippen MR) is 89.9 cm³/mol. The summed E-state index contributed by atoms with van der Waals surface area (Å²) in [6, 6.07) is 10.4. The summed E-state index contributed by atoms with van der Waals surface area (Å²) in [4.78, 5) is 12.3. The number of nitrogens with one attached hydrogen (secondary N) is 1. The first-order valence-electron chi connectivity index (χ1n) is 7.10. The molecular weight excluding hydrogens is 332 g/mol. The molecule has 2 rings (SSSR count). The van der Waals surface area contributed by atoms with Gasteiger partial charge >= 0.3 is 0 Å². The summed E-state index contributed by atoms with van der Waals surface area (Å²) in [5, 5.41) is 7.70. The number of hydrogen-bond acceptors (Lipinski definition) is 5. The molecule has 0 atom stereocenters. The van der Waals surface area contributed by atoms with E-state index in [1.165, 1.54) is 31.4 Å². The van der Waals surface area contributed by atoms with Crippen molar-refractivity contribution in [1.29, 1.82) is 0 Å². The molecule has 0 radical (unpaired) electrons. The van der Waals surface area contributed by atoms with Crippen molar-refractivity contribution in [2.75, 3.05) is 19.0 Å². The lowest BCUT2D eigenvalue weighted by Gasteiger charge is -2.11. The number of amides is 1. The SMILES string of the molecule is CCOc1ccc(C(=O)Nc2ccc(S(N)(=O)=O)cc2)cc1OC. The van der Waals surface area contributed by atoms with Crippen LogP contribution in [0.3, 0.4) is 0 Å². The van der Waals surface area contributed by atoms with E-state index >= 15 is 0 Å². The van der Waals surface area contributed by atoms with Gasteiger partial charge in [-0.2, -0.15) is 0 Å². The lowest BCUT2D eigenvalue weighted by molar-refractivity contribution is 0.102. The molecule has 0 saturated carbocycles. The highest BCUT2D eigenvalue weighted by atomic mass is 32.2. The molecule has 0 spiro atoms. The van der Waals surface area contributed by atoms with Gasteiger partial charge < -0.3 is 14.8 Å². The minimum absolute atomic E-state index is 0.0248. The molecule has 1 amide bonds. The van der Waals surface area contributed by atoms with Gasteiger partial charge in [-0.15, -0.1) is 0 Å². The van der Waals surface area contributed by atoms with Crippen molar-refractivity contribution < 1.29 is 22.7 Å². The zero-order valence-electron chi connectivity index (χ0n) is 13.3. The van der Waals surface area contributed by atoms with Crippen LogP contribution in [0.4, 0.5) is 5.69 Å². The maximum absolute atomic E-state index is 12.3. The fraction of sp³-hybridized carbons (Fsp3) is 0.188. The van der Waals surface area contributed by atoms with Crippen LogP contribution in [-0.4, -0.2) is 28.0 Å². The fourth-order valence-corrected chi connectivity index (χ4v) is 2.53. The minimum atomic E-state index is -3.76. The molecule has 128 valence electrons. The van der Waals surface area contributed by atoms with E-state index in [1.54, 1.807) is 18.2 Å². The van der Waals surface area contributed by atoms with E-state index in [2.05, 4.69) is 5.32 Å². The number of rotatable bonds is 6. The van der Waals surface area contributed by atoms with Crippen molar-refractivity contribution in [2.24, 2.45) is 5.14 Å². The normalized spacial score (nSPS) is 11.0. The molecule has 2 aromatic rings. The Morgan fingerprint density at radius 3 is 2.33 bits per heavy atom. The molecule has 0 aliphatic carbocycles. The Morgan fingerprint density at radius 2 is 1.79 bits per heavy atom. The zero-order valence-corrected chi connectivity index (χ0v) is 14.1. The molecule has 8 heteroatoms. The van der Waals surface area contributed by atoms with Crippen molar-refractivity contribution in [3.05, 3.63) is 48.0 Å². The number of sulfonamides is 1. The number of methoxy groups -OCH3 is 1. The molecule has 0 unspecified atom stereocenters. The van der Waals surface area contributed by atoms with Gasteiger partial charge in [-0.25, -0.2) is 13.6 Å². The summed E-state index contributed by atoms with van der Waals surface area (Å²) in [7, 11) is -2.27. The van der Waals surface area contributed by atoms with Crippen molar-refractivity contribution in [3.8, 4) is 11.5 Å². The summed E-state index contributed by atoms with van der Waals surface area (Å²) in [5.74, 6) is 0.642. The summed E-state index contributed by atoms with van der Waals surface area (Å²) in [6.07, 6.45) is 0. The van der Waals surface area contributed by atoms with Crippen molar-refractivity contribution >= 4 is 21.6 Å². The minimum Gasteiger partial charge on any atom is -0.493 e. The maximum atomic E-state index is 12.3. The molecule has 0 aliphatic heterocycles. The number of anilines is 1. The van der Waals surface area contributed by atoms with E-state index < -0.39 is 10.0 Å². The third kappa shape index (κ3) is 4.24. The third-order valence-electron chi connectivity index (χ3n) is 3.17. The third-order valence-corrected chi connectivity index (χ3v) is 4.10. The fourth-order valence-electron chi connectivity index (χ4n) is 2.01. The van der Waals surface area contributed by atoms with Gasteiger partial charge in [-0.3, -0.25) is 4.79 Å². The Bertz CT molecular complexity index is 832. The van der Waals surface area contributed by atoms with Crippen LogP contribution in [0.2, 0.25) is 0 Å². The Balaban J connectivity index is 2.17. The summed E-state index contributed by atoms with van der Waals surface area (Å²) in [6.45, 7) is 2.34. The Morgan fingerprint density at radius 1 is 1.12 bits per heavy atom. The van der Waals surface area contributed by atoms with E-state index in [-0.39, 0.29) is 10.8 Å². The lowest BCUT2D eigenvalue weighted by Crippen LogP contribution is -2.14. The molecule has 24 heavy (non-hydrogen) atoms. The van der Waals surface area contributed by atoms with Crippen LogP contribution in [-0.2, 0) is 10.0 Å². The molecule has 0 aliphatic rings. The second-order valence-electron chi connectivity index (χ2n) is 4.82. The molecule has 0 aromatic heterocycles. The van der Waals surface area contributed by atoms with Gasteiger partial charge in [0.25, 0.3) is 5.91 Å². The van der Waals surface area contributed by atoms with Crippen LogP contribution in [0.1, 0.15) is 17.3 Å². The number of hydrogen-bond donors (Lipinski definition) is 2. The van der Waals surface area contributed by atoms with Gasteiger partial charge in [0.1, 0.15) is 0 Å². The molecule has 0 saturated heterocycles. The second kappa shape index (κ2) is 7.33. The Labute approximate surface area is 140 Å². The van der Waals surface area contributed by atoms with E-state index in [1.807, 2.05) is 6.92 Å². The second-order valence-corrected chi connectivity index (χ2v) is 6.38. The first kappa shape index (κ1) is 17.8. The number of nitrogens with two attached hydrogens (primary N) is 1. The summed E-state index contributed by atoms with van der Waals surface area (Å²) < 4.78 is 33.0. The highest BCUT2D eigenvalue weighted by Crippen LogP contribution is 2.28. The van der Waals surface area contributed by atoms with Gasteiger partial charge in [0.05, 0.1) is 18.6 Å². The topological polar surface area (TPSA) is 108 Å². The average Bonchev–Trinajstić information content (AvgIpc) is 2.55. The molecular formula is C16H18N2O5S. The van der Waals surface area contributed by atoms with Crippen LogP contribution in [0.5, 0.6) is 11.5 Å². The van der Waals surface area contributed by atoms with Crippen molar-refractivity contribution in [2.45, 2.75) is 11.8 Å². The van der Waals surface area contributed by atoms with Crippen LogP contribution >= 0.6 is 0 Å². The number of ether oxygens (including phenoxy) is 2. The van der Waals surface area contributed by atoms with E-state index in [0.717, 1.165) is 0 Å². The Hall–Kier alpha value is -2.58. The zero-order chi connectivity index (χ0) is 17.7. The largest absolute Gasteiger partial charge is 0.493 e. The standard InChI is InChI=1S/C16H18N2O5S/c1-3-23-14-9-4-11(10-15(14)22-2)16(19)18-12-5-7-13(8-6-12)24(17,20)21/h4-10H,3H2,1-2H3,(H,18,19)(H2,17,20,21). The van der Waals surface area contributed by atoms with Crippen LogP contribution in [0.25, 0.3) is 0 Å². The predicted octanol–water partition coefficient (Wildman–Crippen LogP) is 1.99. The van der Waals surface area contributed by atoms with Crippen molar-refractivity contribution in [1.82, 2.24) is 0 Å². The summed E-state index contributed by atoms with van der Waals surface area (Å²) in [5.41, 5.74) is 0.825. The molecule has 0 heterocycles. The van der Waals surface area contributed by atoms with Gasteiger partial charge in [0, 0.05) is 11.3 Å². The monoisotopic (exact) mass is 350 g/mol. The first-order valence-corrected chi connectivity index (χ1v) is 8.65. The van der Waals surface area contributed by atoms with Gasteiger partial charge in [0.15, 0.2) is 11.5 Å². The van der Waals surface area contributed by atoms with E-state index in [9.17, 15) is 13.2 Å².